The molecule has 11 heteroatoms. The number of carbonyl (C=O) groups excluding carboxylic acids is 1. The van der Waals surface area contributed by atoms with Gasteiger partial charge in [-0.05, 0) is 23.7 Å². The van der Waals surface area contributed by atoms with Crippen LogP contribution in [0.4, 0.5) is 0 Å². The van der Waals surface area contributed by atoms with E-state index in [-0.39, 0.29) is 28.9 Å². The molecule has 1 aliphatic heterocycles. The normalized spacial score (nSPS) is 14.8. The Morgan fingerprint density at radius 2 is 1.75 bits per heavy atom. The molecule has 10 nitrogen and oxygen atoms in total. The molecule has 1 aromatic carbocycles. The SMILES string of the molecule is Cn1c(=O)c2c(nc(Cl)n2CC(=O)N2CCN(CCOc3ccccc3)CC2)n(C)c1=O. The van der Waals surface area contributed by atoms with E-state index in [4.69, 9.17) is 16.3 Å². The van der Waals surface area contributed by atoms with E-state index in [0.29, 0.717) is 19.7 Å². The van der Waals surface area contributed by atoms with Crippen molar-refractivity contribution in [1.29, 1.82) is 0 Å². The number of fused-ring (bicyclic) bond motifs is 1. The van der Waals surface area contributed by atoms with Gasteiger partial charge in [0.15, 0.2) is 11.2 Å². The standard InChI is InChI=1S/C21H25ClN6O4/c1-24-18-17(19(30)25(2)21(24)31)28(20(22)23-18)14-16(29)27-10-8-26(9-11-27)12-13-32-15-6-4-3-5-7-15/h3-7H,8-14H2,1-2H3. The summed E-state index contributed by atoms with van der Waals surface area (Å²) in [6.07, 6.45) is 0. The van der Waals surface area contributed by atoms with Gasteiger partial charge in [0.2, 0.25) is 11.2 Å². The van der Waals surface area contributed by atoms with Gasteiger partial charge in [-0.25, -0.2) is 4.79 Å². The number of aromatic nitrogens is 4. The molecule has 32 heavy (non-hydrogen) atoms. The predicted molar refractivity (Wildman–Crippen MR) is 120 cm³/mol. The van der Waals surface area contributed by atoms with Crippen molar-refractivity contribution in [2.45, 2.75) is 6.54 Å². The third-order valence-corrected chi connectivity index (χ3v) is 6.03. The van der Waals surface area contributed by atoms with Crippen LogP contribution in [0.3, 0.4) is 0 Å². The van der Waals surface area contributed by atoms with Crippen molar-refractivity contribution in [3.8, 4) is 5.75 Å². The number of para-hydroxylation sites is 1. The van der Waals surface area contributed by atoms with Crippen molar-refractivity contribution in [3.63, 3.8) is 0 Å². The number of imidazole rings is 1. The molecule has 1 saturated heterocycles. The fourth-order valence-corrected chi connectivity index (χ4v) is 4.05. The fraction of sp³-hybridized carbons (Fsp3) is 0.429. The van der Waals surface area contributed by atoms with Gasteiger partial charge in [0.1, 0.15) is 18.9 Å². The summed E-state index contributed by atoms with van der Waals surface area (Å²) in [6.45, 7) is 3.86. The van der Waals surface area contributed by atoms with Gasteiger partial charge >= 0.3 is 5.69 Å². The van der Waals surface area contributed by atoms with Crippen molar-refractivity contribution in [2.24, 2.45) is 14.1 Å². The Balaban J connectivity index is 1.37. The average molecular weight is 461 g/mol. The summed E-state index contributed by atoms with van der Waals surface area (Å²) >= 11 is 6.23. The fourth-order valence-electron chi connectivity index (χ4n) is 3.83. The predicted octanol–water partition coefficient (Wildman–Crippen LogP) is 0.310. The van der Waals surface area contributed by atoms with Gasteiger partial charge in [-0.15, -0.1) is 0 Å². The highest BCUT2D eigenvalue weighted by Crippen LogP contribution is 2.16. The number of hydrogen-bond acceptors (Lipinski definition) is 6. The van der Waals surface area contributed by atoms with E-state index in [1.54, 1.807) is 4.90 Å². The number of aryl methyl sites for hydroxylation is 1. The third kappa shape index (κ3) is 4.28. The number of piperazine rings is 1. The second kappa shape index (κ2) is 9.17. The van der Waals surface area contributed by atoms with Crippen LogP contribution in [-0.4, -0.2) is 73.7 Å². The molecule has 0 radical (unpaired) electrons. The Morgan fingerprint density at radius 1 is 1.06 bits per heavy atom. The Hall–Kier alpha value is -3.11. The van der Waals surface area contributed by atoms with Crippen molar-refractivity contribution in [1.82, 2.24) is 28.5 Å². The molecule has 0 unspecified atom stereocenters. The lowest BCUT2D eigenvalue weighted by molar-refractivity contribution is -0.133. The largest absolute Gasteiger partial charge is 0.492 e. The van der Waals surface area contributed by atoms with E-state index in [9.17, 15) is 14.4 Å². The first-order chi connectivity index (χ1) is 15.4. The number of ether oxygens (including phenoxy) is 1. The highest BCUT2D eigenvalue weighted by atomic mass is 35.5. The molecule has 3 heterocycles. The number of halogens is 1. The highest BCUT2D eigenvalue weighted by Gasteiger charge is 2.24. The van der Waals surface area contributed by atoms with Crippen LogP contribution in [0, 0.1) is 0 Å². The van der Waals surface area contributed by atoms with Gasteiger partial charge < -0.3 is 9.64 Å². The molecule has 4 rings (SSSR count). The second-order valence-electron chi connectivity index (χ2n) is 7.73. The molecule has 1 amide bonds. The first kappa shape index (κ1) is 22.1. The number of amides is 1. The van der Waals surface area contributed by atoms with Gasteiger partial charge in [-0.2, -0.15) is 4.98 Å². The number of nitrogens with zero attached hydrogens (tertiary/aromatic N) is 6. The van der Waals surface area contributed by atoms with Crippen LogP contribution < -0.4 is 16.0 Å². The summed E-state index contributed by atoms with van der Waals surface area (Å²) < 4.78 is 9.35. The van der Waals surface area contributed by atoms with Crippen LogP contribution in [0.15, 0.2) is 39.9 Å². The van der Waals surface area contributed by atoms with Crippen molar-refractivity contribution >= 4 is 28.7 Å². The molecular formula is C21H25ClN6O4. The smallest absolute Gasteiger partial charge is 0.332 e. The van der Waals surface area contributed by atoms with Gasteiger partial charge in [-0.3, -0.25) is 28.2 Å². The maximum Gasteiger partial charge on any atom is 0.332 e. The Kier molecular flexibility index (Phi) is 6.33. The van der Waals surface area contributed by atoms with E-state index < -0.39 is 11.2 Å². The van der Waals surface area contributed by atoms with Gasteiger partial charge in [0.05, 0.1) is 0 Å². The molecule has 3 aromatic rings. The summed E-state index contributed by atoms with van der Waals surface area (Å²) in [6, 6.07) is 9.66. The Labute approximate surface area is 189 Å². The second-order valence-corrected chi connectivity index (χ2v) is 8.07. The highest BCUT2D eigenvalue weighted by molar-refractivity contribution is 6.29. The summed E-state index contributed by atoms with van der Waals surface area (Å²) in [5.41, 5.74) is -0.718. The van der Waals surface area contributed by atoms with Gasteiger partial charge in [0.25, 0.3) is 5.56 Å². The van der Waals surface area contributed by atoms with Gasteiger partial charge in [-0.1, -0.05) is 18.2 Å². The number of rotatable bonds is 6. The van der Waals surface area contributed by atoms with Crippen molar-refractivity contribution in [3.05, 3.63) is 56.5 Å². The van der Waals surface area contributed by atoms with E-state index >= 15 is 0 Å². The molecule has 0 saturated carbocycles. The quantitative estimate of drug-likeness (QED) is 0.491. The molecule has 2 aromatic heterocycles. The monoisotopic (exact) mass is 460 g/mol. The van der Waals surface area contributed by atoms with Crippen LogP contribution in [0.2, 0.25) is 5.28 Å². The maximum atomic E-state index is 12.9. The molecular weight excluding hydrogens is 436 g/mol. The molecule has 0 bridgehead atoms. The minimum absolute atomic E-state index is 0.00310. The Morgan fingerprint density at radius 3 is 2.44 bits per heavy atom. The lowest BCUT2D eigenvalue weighted by Gasteiger charge is -2.34. The summed E-state index contributed by atoms with van der Waals surface area (Å²) in [5, 5.41) is 0.00310. The minimum atomic E-state index is -0.529. The first-order valence-corrected chi connectivity index (χ1v) is 10.7. The molecule has 0 N–H and O–H groups in total. The summed E-state index contributed by atoms with van der Waals surface area (Å²) in [4.78, 5) is 45.8. The maximum absolute atomic E-state index is 12.9. The topological polar surface area (TPSA) is 94.6 Å². The van der Waals surface area contributed by atoms with Crippen LogP contribution >= 0.6 is 11.6 Å². The Bertz CT molecular complexity index is 1240. The lowest BCUT2D eigenvalue weighted by Crippen LogP contribution is -2.50. The molecule has 1 fully saturated rings. The molecule has 0 aliphatic carbocycles. The first-order valence-electron chi connectivity index (χ1n) is 10.4. The zero-order valence-corrected chi connectivity index (χ0v) is 18.8. The third-order valence-electron chi connectivity index (χ3n) is 5.74. The van der Waals surface area contributed by atoms with Crippen molar-refractivity contribution in [2.75, 3.05) is 39.3 Å². The van der Waals surface area contributed by atoms with E-state index in [1.807, 2.05) is 30.3 Å². The lowest BCUT2D eigenvalue weighted by atomic mass is 10.3. The van der Waals surface area contributed by atoms with Crippen LogP contribution in [0.5, 0.6) is 5.75 Å². The number of hydrogen-bond donors (Lipinski definition) is 0. The van der Waals surface area contributed by atoms with E-state index in [1.165, 1.54) is 23.2 Å². The van der Waals surface area contributed by atoms with Gasteiger partial charge in [0, 0.05) is 46.8 Å². The zero-order valence-electron chi connectivity index (χ0n) is 18.0. The molecule has 170 valence electrons. The molecule has 0 spiro atoms. The van der Waals surface area contributed by atoms with Crippen LogP contribution in [-0.2, 0) is 25.4 Å². The van der Waals surface area contributed by atoms with E-state index in [2.05, 4.69) is 9.88 Å². The van der Waals surface area contributed by atoms with Crippen LogP contribution in [0.25, 0.3) is 11.2 Å². The number of carbonyl (C=O) groups is 1. The molecule has 1 aliphatic rings. The average Bonchev–Trinajstić information content (AvgIpc) is 3.13. The van der Waals surface area contributed by atoms with E-state index in [0.717, 1.165) is 30.0 Å². The molecule has 0 atom stereocenters. The van der Waals surface area contributed by atoms with Crippen molar-refractivity contribution < 1.29 is 9.53 Å². The summed E-state index contributed by atoms with van der Waals surface area (Å²) in [5.74, 6) is 0.691. The summed E-state index contributed by atoms with van der Waals surface area (Å²) in [7, 11) is 2.90. The zero-order chi connectivity index (χ0) is 22.8. The number of benzene rings is 1. The minimum Gasteiger partial charge on any atom is -0.492 e. The van der Waals surface area contributed by atoms with Crippen LogP contribution in [0.1, 0.15) is 0 Å².